The third-order valence-electron chi connectivity index (χ3n) is 8.08. The minimum Gasteiger partial charge on any atom is -0.489 e. The van der Waals surface area contributed by atoms with Gasteiger partial charge in [-0.3, -0.25) is 8.98 Å². The average Bonchev–Trinajstić information content (AvgIpc) is 3.51. The van der Waals surface area contributed by atoms with Gasteiger partial charge in [0.25, 0.3) is 16.0 Å². The van der Waals surface area contributed by atoms with E-state index in [2.05, 4.69) is 17.5 Å². The van der Waals surface area contributed by atoms with Crippen molar-refractivity contribution < 1.29 is 36.3 Å². The number of nitrogens with one attached hydrogen (secondary N) is 1. The SMILES string of the molecule is CCOS(=O)(=O)/C=C/c1ccc(OCC2=CC[C@@H]3C(C(=O)Nc4ccc(Oc5ccc6ccccc6c5)cc4)=CO[C@@H](OC)[C@H]23)cc1. The first-order valence-electron chi connectivity index (χ1n) is 15.3. The smallest absolute Gasteiger partial charge is 0.290 e. The molecule has 47 heavy (non-hydrogen) atoms. The van der Waals surface area contributed by atoms with Gasteiger partial charge in [-0.1, -0.05) is 48.5 Å². The Hall–Kier alpha value is -4.90. The zero-order valence-corrected chi connectivity index (χ0v) is 26.8. The van der Waals surface area contributed by atoms with Crippen LogP contribution >= 0.6 is 0 Å². The van der Waals surface area contributed by atoms with Crippen molar-refractivity contribution in [1.82, 2.24) is 0 Å². The van der Waals surface area contributed by atoms with Crippen LogP contribution in [0.1, 0.15) is 18.9 Å². The second-order valence-corrected chi connectivity index (χ2v) is 12.6. The van der Waals surface area contributed by atoms with Crippen LogP contribution in [0.3, 0.4) is 0 Å². The van der Waals surface area contributed by atoms with Gasteiger partial charge in [-0.25, -0.2) is 0 Å². The zero-order chi connectivity index (χ0) is 32.8. The van der Waals surface area contributed by atoms with E-state index in [9.17, 15) is 13.2 Å². The lowest BCUT2D eigenvalue weighted by Gasteiger charge is -2.34. The van der Waals surface area contributed by atoms with Gasteiger partial charge in [-0.05, 0) is 89.9 Å². The Bertz CT molecular complexity index is 1930. The van der Waals surface area contributed by atoms with Gasteiger partial charge in [0, 0.05) is 18.7 Å². The van der Waals surface area contributed by atoms with Crippen LogP contribution in [-0.4, -0.2) is 40.9 Å². The predicted molar refractivity (Wildman–Crippen MR) is 180 cm³/mol. The molecule has 0 spiro atoms. The number of carbonyl (C=O) groups is 1. The number of rotatable bonds is 12. The van der Waals surface area contributed by atoms with Gasteiger partial charge >= 0.3 is 0 Å². The largest absolute Gasteiger partial charge is 0.489 e. The second kappa shape index (κ2) is 14.3. The molecule has 1 aliphatic heterocycles. The fourth-order valence-corrected chi connectivity index (χ4v) is 6.51. The highest BCUT2D eigenvalue weighted by atomic mass is 32.2. The van der Waals surface area contributed by atoms with Gasteiger partial charge in [-0.2, -0.15) is 8.42 Å². The summed E-state index contributed by atoms with van der Waals surface area (Å²) in [5.41, 5.74) is 2.83. The minimum absolute atomic E-state index is 0.0749. The quantitative estimate of drug-likeness (QED) is 0.124. The molecule has 4 aromatic carbocycles. The molecule has 1 heterocycles. The van der Waals surface area contributed by atoms with Crippen molar-refractivity contribution in [1.29, 1.82) is 0 Å². The molecule has 6 rings (SSSR count). The molecule has 3 atom stereocenters. The van der Waals surface area contributed by atoms with Crippen LogP contribution in [0, 0.1) is 11.8 Å². The number of amides is 1. The molecule has 1 aliphatic carbocycles. The van der Waals surface area contributed by atoms with Crippen molar-refractivity contribution in [2.24, 2.45) is 11.8 Å². The first kappa shape index (κ1) is 32.1. The van der Waals surface area contributed by atoms with E-state index in [1.165, 1.54) is 12.3 Å². The number of benzene rings is 4. The van der Waals surface area contributed by atoms with E-state index in [0.29, 0.717) is 34.7 Å². The van der Waals surface area contributed by atoms with Crippen LogP contribution in [0.5, 0.6) is 17.2 Å². The molecule has 1 N–H and O–H groups in total. The molecule has 10 heteroatoms. The molecular formula is C37H35NO8S. The third kappa shape index (κ3) is 7.74. The van der Waals surface area contributed by atoms with E-state index in [4.69, 9.17) is 23.1 Å². The highest BCUT2D eigenvalue weighted by Gasteiger charge is 2.44. The molecule has 1 amide bonds. The molecule has 0 aromatic heterocycles. The number of anilines is 1. The van der Waals surface area contributed by atoms with Crippen LogP contribution in [0.25, 0.3) is 16.8 Å². The monoisotopic (exact) mass is 653 g/mol. The Morgan fingerprint density at radius 1 is 0.936 bits per heavy atom. The lowest BCUT2D eigenvalue weighted by Crippen LogP contribution is -2.38. The van der Waals surface area contributed by atoms with Gasteiger partial charge in [0.1, 0.15) is 23.9 Å². The number of ether oxygens (including phenoxy) is 4. The fourth-order valence-electron chi connectivity index (χ4n) is 5.78. The number of methoxy groups -OCH3 is 1. The third-order valence-corrected chi connectivity index (χ3v) is 9.11. The molecule has 0 bridgehead atoms. The first-order chi connectivity index (χ1) is 22.8. The van der Waals surface area contributed by atoms with Crippen LogP contribution in [0.15, 0.2) is 120 Å². The minimum atomic E-state index is -3.71. The summed E-state index contributed by atoms with van der Waals surface area (Å²) in [6.45, 7) is 1.97. The van der Waals surface area contributed by atoms with E-state index in [-0.39, 0.29) is 31.0 Å². The van der Waals surface area contributed by atoms with E-state index >= 15 is 0 Å². The second-order valence-electron chi connectivity index (χ2n) is 11.1. The summed E-state index contributed by atoms with van der Waals surface area (Å²) < 4.78 is 51.8. The first-order valence-corrected chi connectivity index (χ1v) is 16.7. The number of allylic oxidation sites excluding steroid dienone is 1. The molecule has 2 aliphatic rings. The summed E-state index contributed by atoms with van der Waals surface area (Å²) in [4.78, 5) is 13.4. The number of hydrogen-bond donors (Lipinski definition) is 1. The lowest BCUT2D eigenvalue weighted by atomic mass is 9.83. The summed E-state index contributed by atoms with van der Waals surface area (Å²) in [6.07, 6.45) is 5.13. The van der Waals surface area contributed by atoms with Gasteiger partial charge in [-0.15, -0.1) is 0 Å². The van der Waals surface area contributed by atoms with Crippen LogP contribution < -0.4 is 14.8 Å². The van der Waals surface area contributed by atoms with Crippen molar-refractivity contribution in [2.45, 2.75) is 19.6 Å². The average molecular weight is 654 g/mol. The zero-order valence-electron chi connectivity index (χ0n) is 26.0. The Kier molecular flexibility index (Phi) is 9.72. The van der Waals surface area contributed by atoms with Gasteiger partial charge in [0.2, 0.25) is 6.29 Å². The van der Waals surface area contributed by atoms with Gasteiger partial charge < -0.3 is 24.3 Å². The lowest BCUT2D eigenvalue weighted by molar-refractivity contribution is -0.134. The topological polar surface area (TPSA) is 109 Å². The Balaban J connectivity index is 1.05. The van der Waals surface area contributed by atoms with Crippen molar-refractivity contribution in [3.8, 4) is 17.2 Å². The fraction of sp³-hybridized carbons (Fsp3) is 0.216. The Morgan fingerprint density at radius 3 is 2.40 bits per heavy atom. The van der Waals surface area contributed by atoms with Gasteiger partial charge in [0.15, 0.2) is 0 Å². The summed E-state index contributed by atoms with van der Waals surface area (Å²) in [5.74, 6) is 1.43. The van der Waals surface area contributed by atoms with E-state index in [0.717, 1.165) is 27.5 Å². The van der Waals surface area contributed by atoms with Crippen molar-refractivity contribution in [2.75, 3.05) is 25.6 Å². The highest BCUT2D eigenvalue weighted by molar-refractivity contribution is 7.89. The summed E-state index contributed by atoms with van der Waals surface area (Å²) in [7, 11) is -2.13. The maximum absolute atomic E-state index is 13.4. The normalized spacial score (nSPS) is 19.1. The summed E-state index contributed by atoms with van der Waals surface area (Å²) in [6, 6.07) is 28.3. The standard InChI is InChI=1S/C37H35NO8S/c1-3-45-47(40,41)21-20-25-8-14-30(15-9-25)43-23-28-11-19-33-34(24-44-37(42-2)35(28)33)36(39)38-29-12-17-31(18-13-29)46-32-16-10-26-6-4-5-7-27(26)22-32/h4-18,20-22,24,33,35,37H,3,19,23H2,1-2H3,(H,38,39)/b21-20+/t33-,35-,37-/m1/s1. The molecule has 0 unspecified atom stereocenters. The number of fused-ring (bicyclic) bond motifs is 2. The molecule has 0 fully saturated rings. The molecule has 0 radical (unpaired) electrons. The Labute approximate surface area is 274 Å². The molecule has 0 saturated carbocycles. The molecule has 9 nitrogen and oxygen atoms in total. The highest BCUT2D eigenvalue weighted by Crippen LogP contribution is 2.44. The molecular weight excluding hydrogens is 618 g/mol. The van der Waals surface area contributed by atoms with E-state index in [1.807, 2.05) is 48.5 Å². The van der Waals surface area contributed by atoms with Gasteiger partial charge in [0.05, 0.1) is 29.8 Å². The molecule has 242 valence electrons. The summed E-state index contributed by atoms with van der Waals surface area (Å²) in [5, 5.41) is 6.26. The van der Waals surface area contributed by atoms with Crippen molar-refractivity contribution in [3.05, 3.63) is 125 Å². The van der Waals surface area contributed by atoms with E-state index in [1.54, 1.807) is 50.4 Å². The van der Waals surface area contributed by atoms with Crippen LogP contribution in [-0.2, 0) is 28.6 Å². The maximum atomic E-state index is 13.4. The van der Waals surface area contributed by atoms with Crippen LogP contribution in [0.2, 0.25) is 0 Å². The molecule has 4 aromatic rings. The molecule has 0 saturated heterocycles. The van der Waals surface area contributed by atoms with Crippen LogP contribution in [0.4, 0.5) is 5.69 Å². The number of hydrogen-bond acceptors (Lipinski definition) is 8. The summed E-state index contributed by atoms with van der Waals surface area (Å²) >= 11 is 0. The van der Waals surface area contributed by atoms with Crippen molar-refractivity contribution >= 4 is 38.6 Å². The Morgan fingerprint density at radius 2 is 1.66 bits per heavy atom. The maximum Gasteiger partial charge on any atom is 0.290 e. The number of carbonyl (C=O) groups excluding carboxylic acids is 1. The van der Waals surface area contributed by atoms with Crippen molar-refractivity contribution in [3.63, 3.8) is 0 Å². The predicted octanol–water partition coefficient (Wildman–Crippen LogP) is 7.44. The van der Waals surface area contributed by atoms with E-state index < -0.39 is 16.4 Å².